The van der Waals surface area contributed by atoms with Gasteiger partial charge in [-0.05, 0) is 50.6 Å². The molecule has 0 saturated heterocycles. The number of ether oxygens (including phenoxy) is 1. The second-order valence-electron chi connectivity index (χ2n) is 5.41. The van der Waals surface area contributed by atoms with E-state index in [1.54, 1.807) is 7.11 Å². The van der Waals surface area contributed by atoms with Crippen LogP contribution < -0.4 is 9.64 Å². The van der Waals surface area contributed by atoms with E-state index in [1.165, 1.54) is 16.8 Å². The average Bonchev–Trinajstić information content (AvgIpc) is 2.46. The zero-order valence-electron chi connectivity index (χ0n) is 12.8. The summed E-state index contributed by atoms with van der Waals surface area (Å²) >= 11 is 0. The molecule has 2 aromatic carbocycles. The molecule has 0 spiro atoms. The first-order valence-electron chi connectivity index (χ1n) is 7.06. The molecule has 0 radical (unpaired) electrons. The van der Waals surface area contributed by atoms with Gasteiger partial charge in [0.25, 0.3) is 0 Å². The van der Waals surface area contributed by atoms with E-state index < -0.39 is 0 Å². The normalized spacial score (nSPS) is 10.7. The van der Waals surface area contributed by atoms with Crippen molar-refractivity contribution in [1.82, 2.24) is 0 Å². The predicted molar refractivity (Wildman–Crippen MR) is 85.5 cm³/mol. The SMILES string of the molecule is COc1ccc(N(Cc2ccc(C)cc2)C(C)C)cc1. The standard InChI is InChI=1S/C18H23NO/c1-14(2)19(13-16-7-5-15(3)6-8-16)17-9-11-18(20-4)12-10-17/h5-12,14H,13H2,1-4H3. The van der Waals surface area contributed by atoms with Crippen molar-refractivity contribution in [3.63, 3.8) is 0 Å². The smallest absolute Gasteiger partial charge is 0.119 e. The van der Waals surface area contributed by atoms with Gasteiger partial charge in [0.2, 0.25) is 0 Å². The lowest BCUT2D eigenvalue weighted by molar-refractivity contribution is 0.415. The number of hydrogen-bond donors (Lipinski definition) is 0. The van der Waals surface area contributed by atoms with E-state index in [9.17, 15) is 0 Å². The van der Waals surface area contributed by atoms with E-state index >= 15 is 0 Å². The first kappa shape index (κ1) is 14.4. The lowest BCUT2D eigenvalue weighted by atomic mass is 10.1. The molecule has 106 valence electrons. The molecule has 2 heteroatoms. The molecule has 0 aliphatic heterocycles. The number of methoxy groups -OCH3 is 1. The third kappa shape index (κ3) is 3.53. The molecule has 0 N–H and O–H groups in total. The number of rotatable bonds is 5. The van der Waals surface area contributed by atoms with Crippen LogP contribution in [0.15, 0.2) is 48.5 Å². The number of anilines is 1. The molecule has 2 aromatic rings. The summed E-state index contributed by atoms with van der Waals surface area (Å²) in [5, 5.41) is 0. The molecule has 0 unspecified atom stereocenters. The second-order valence-corrected chi connectivity index (χ2v) is 5.41. The first-order valence-corrected chi connectivity index (χ1v) is 7.06. The van der Waals surface area contributed by atoms with Gasteiger partial charge in [0, 0.05) is 18.3 Å². The monoisotopic (exact) mass is 269 g/mol. The first-order chi connectivity index (χ1) is 9.60. The fourth-order valence-electron chi connectivity index (χ4n) is 2.24. The van der Waals surface area contributed by atoms with Crippen LogP contribution in [0, 0.1) is 6.92 Å². The van der Waals surface area contributed by atoms with Gasteiger partial charge in [-0.1, -0.05) is 29.8 Å². The Morgan fingerprint density at radius 2 is 1.55 bits per heavy atom. The summed E-state index contributed by atoms with van der Waals surface area (Å²) in [5.74, 6) is 0.896. The highest BCUT2D eigenvalue weighted by Crippen LogP contribution is 2.23. The summed E-state index contributed by atoms with van der Waals surface area (Å²) < 4.78 is 5.22. The molecule has 0 saturated carbocycles. The van der Waals surface area contributed by atoms with Gasteiger partial charge < -0.3 is 9.64 Å². The molecule has 0 aromatic heterocycles. The fourth-order valence-corrected chi connectivity index (χ4v) is 2.24. The van der Waals surface area contributed by atoms with Crippen molar-refractivity contribution >= 4 is 5.69 Å². The van der Waals surface area contributed by atoms with Gasteiger partial charge in [-0.3, -0.25) is 0 Å². The third-order valence-electron chi connectivity index (χ3n) is 3.50. The molecule has 2 rings (SSSR count). The Kier molecular flexibility index (Phi) is 4.67. The average molecular weight is 269 g/mol. The minimum Gasteiger partial charge on any atom is -0.497 e. The van der Waals surface area contributed by atoms with Crippen LogP contribution in [0.3, 0.4) is 0 Å². The van der Waals surface area contributed by atoms with E-state index in [4.69, 9.17) is 4.74 Å². The third-order valence-corrected chi connectivity index (χ3v) is 3.50. The van der Waals surface area contributed by atoms with Crippen molar-refractivity contribution < 1.29 is 4.74 Å². The van der Waals surface area contributed by atoms with Crippen LogP contribution in [-0.2, 0) is 6.54 Å². The van der Waals surface area contributed by atoms with Gasteiger partial charge in [0.05, 0.1) is 7.11 Å². The molecule has 0 fully saturated rings. The van der Waals surface area contributed by atoms with Crippen LogP contribution in [0.5, 0.6) is 5.75 Å². The zero-order valence-corrected chi connectivity index (χ0v) is 12.8. The number of aryl methyl sites for hydroxylation is 1. The highest BCUT2D eigenvalue weighted by molar-refractivity contribution is 5.50. The van der Waals surface area contributed by atoms with Crippen LogP contribution in [0.1, 0.15) is 25.0 Å². The molecule has 0 atom stereocenters. The second kappa shape index (κ2) is 6.47. The maximum Gasteiger partial charge on any atom is 0.119 e. The summed E-state index contributed by atoms with van der Waals surface area (Å²) in [7, 11) is 1.70. The van der Waals surface area contributed by atoms with E-state index in [1.807, 2.05) is 12.1 Å². The lowest BCUT2D eigenvalue weighted by Crippen LogP contribution is -2.30. The van der Waals surface area contributed by atoms with Crippen molar-refractivity contribution in [2.45, 2.75) is 33.4 Å². The molecular formula is C18H23NO. The number of hydrogen-bond acceptors (Lipinski definition) is 2. The Morgan fingerprint density at radius 1 is 0.950 bits per heavy atom. The molecule has 0 aliphatic rings. The highest BCUT2D eigenvalue weighted by atomic mass is 16.5. The molecule has 0 heterocycles. The summed E-state index contributed by atoms with van der Waals surface area (Å²) in [6, 6.07) is 17.5. The number of benzene rings is 2. The van der Waals surface area contributed by atoms with Gasteiger partial charge in [-0.25, -0.2) is 0 Å². The predicted octanol–water partition coefficient (Wildman–Crippen LogP) is 4.42. The van der Waals surface area contributed by atoms with Crippen molar-refractivity contribution in [3.8, 4) is 5.75 Å². The van der Waals surface area contributed by atoms with Gasteiger partial charge in [0.15, 0.2) is 0 Å². The minimum atomic E-state index is 0.449. The Balaban J connectivity index is 2.19. The summed E-state index contributed by atoms with van der Waals surface area (Å²) in [5.41, 5.74) is 3.86. The van der Waals surface area contributed by atoms with Crippen LogP contribution in [0.25, 0.3) is 0 Å². The van der Waals surface area contributed by atoms with Gasteiger partial charge >= 0.3 is 0 Å². The van der Waals surface area contributed by atoms with Gasteiger partial charge in [0.1, 0.15) is 5.75 Å². The van der Waals surface area contributed by atoms with Crippen molar-refractivity contribution in [1.29, 1.82) is 0 Å². The Bertz CT molecular complexity index is 528. The Labute approximate surface area is 122 Å². The molecular weight excluding hydrogens is 246 g/mol. The topological polar surface area (TPSA) is 12.5 Å². The van der Waals surface area contributed by atoms with Crippen molar-refractivity contribution in [2.24, 2.45) is 0 Å². The van der Waals surface area contributed by atoms with Crippen molar-refractivity contribution in [3.05, 3.63) is 59.7 Å². The molecule has 0 amide bonds. The molecule has 0 bridgehead atoms. The van der Waals surface area contributed by atoms with E-state index in [2.05, 4.69) is 62.1 Å². The molecule has 20 heavy (non-hydrogen) atoms. The largest absolute Gasteiger partial charge is 0.497 e. The lowest BCUT2D eigenvalue weighted by Gasteiger charge is -2.29. The van der Waals surface area contributed by atoms with Crippen LogP contribution in [0.4, 0.5) is 5.69 Å². The van der Waals surface area contributed by atoms with Crippen molar-refractivity contribution in [2.75, 3.05) is 12.0 Å². The number of nitrogens with zero attached hydrogens (tertiary/aromatic N) is 1. The quantitative estimate of drug-likeness (QED) is 0.796. The fraction of sp³-hybridized carbons (Fsp3) is 0.333. The van der Waals surface area contributed by atoms with Crippen LogP contribution in [0.2, 0.25) is 0 Å². The van der Waals surface area contributed by atoms with E-state index in [0.717, 1.165) is 12.3 Å². The Morgan fingerprint density at radius 3 is 2.05 bits per heavy atom. The van der Waals surface area contributed by atoms with Crippen LogP contribution in [-0.4, -0.2) is 13.2 Å². The zero-order chi connectivity index (χ0) is 14.5. The van der Waals surface area contributed by atoms with Gasteiger partial charge in [-0.15, -0.1) is 0 Å². The summed E-state index contributed by atoms with van der Waals surface area (Å²) in [6.07, 6.45) is 0. The molecule has 0 aliphatic carbocycles. The van der Waals surface area contributed by atoms with E-state index in [-0.39, 0.29) is 0 Å². The maximum absolute atomic E-state index is 5.22. The molecule has 2 nitrogen and oxygen atoms in total. The minimum absolute atomic E-state index is 0.449. The maximum atomic E-state index is 5.22. The summed E-state index contributed by atoms with van der Waals surface area (Å²) in [4.78, 5) is 2.39. The van der Waals surface area contributed by atoms with E-state index in [0.29, 0.717) is 6.04 Å². The van der Waals surface area contributed by atoms with Gasteiger partial charge in [-0.2, -0.15) is 0 Å². The highest BCUT2D eigenvalue weighted by Gasteiger charge is 2.11. The van der Waals surface area contributed by atoms with Crippen LogP contribution >= 0.6 is 0 Å². The Hall–Kier alpha value is -1.96. The summed E-state index contributed by atoms with van der Waals surface area (Å²) in [6.45, 7) is 7.48.